The minimum Gasteiger partial charge on any atom is -0.379 e. The Hall–Kier alpha value is -1.67. The molecule has 0 aromatic heterocycles. The molecule has 0 saturated carbocycles. The molecule has 0 aromatic rings. The van der Waals surface area contributed by atoms with Gasteiger partial charge in [0.05, 0.1) is 13.2 Å². The van der Waals surface area contributed by atoms with Crippen LogP contribution in [0.15, 0.2) is 0 Å². The molecular weight excluding hydrogens is 276 g/mol. The second kappa shape index (κ2) is 11.0. The van der Waals surface area contributed by atoms with Crippen LogP contribution in [-0.2, 0) is 19.1 Å². The average Bonchev–Trinajstić information content (AvgIpc) is 2.52. The van der Waals surface area contributed by atoms with Gasteiger partial charge in [-0.1, -0.05) is 0 Å². The lowest BCUT2D eigenvalue weighted by Crippen LogP contribution is -2.42. The van der Waals surface area contributed by atoms with Gasteiger partial charge in [-0.3, -0.25) is 19.3 Å². The molecule has 0 aromatic carbocycles. The van der Waals surface area contributed by atoms with Crippen molar-refractivity contribution in [2.45, 2.75) is 12.8 Å². The maximum absolute atomic E-state index is 11.5. The molecule has 1 heterocycles. The van der Waals surface area contributed by atoms with Gasteiger partial charge < -0.3 is 20.7 Å². The van der Waals surface area contributed by atoms with E-state index in [1.165, 1.54) is 0 Å². The Balaban J connectivity index is 1.98. The highest BCUT2D eigenvalue weighted by atomic mass is 16.5. The molecule has 1 aliphatic rings. The van der Waals surface area contributed by atoms with Crippen molar-refractivity contribution in [3.05, 3.63) is 0 Å². The fourth-order valence-corrected chi connectivity index (χ4v) is 1.94. The Morgan fingerprint density at radius 2 is 1.62 bits per heavy atom. The fraction of sp³-hybridized carbons (Fsp3) is 0.769. The number of hydrogen-bond acceptors (Lipinski definition) is 5. The van der Waals surface area contributed by atoms with E-state index in [0.717, 1.165) is 39.3 Å². The Bertz CT molecular complexity index is 332. The van der Waals surface area contributed by atoms with Crippen molar-refractivity contribution in [2.24, 2.45) is 0 Å². The van der Waals surface area contributed by atoms with Crippen molar-refractivity contribution in [1.82, 2.24) is 20.9 Å². The highest BCUT2D eigenvalue weighted by Gasteiger charge is 2.13. The summed E-state index contributed by atoms with van der Waals surface area (Å²) in [4.78, 5) is 35.2. The summed E-state index contributed by atoms with van der Waals surface area (Å²) in [5.74, 6) is -1.24. The van der Waals surface area contributed by atoms with Crippen LogP contribution in [0.25, 0.3) is 0 Å². The fourth-order valence-electron chi connectivity index (χ4n) is 1.94. The summed E-state index contributed by atoms with van der Waals surface area (Å²) in [6.45, 7) is 5.57. The van der Waals surface area contributed by atoms with E-state index in [0.29, 0.717) is 32.5 Å². The molecule has 8 heteroatoms. The first-order valence-corrected chi connectivity index (χ1v) is 7.27. The van der Waals surface area contributed by atoms with Gasteiger partial charge in [-0.2, -0.15) is 0 Å². The van der Waals surface area contributed by atoms with Crippen LogP contribution in [0.5, 0.6) is 0 Å². The van der Waals surface area contributed by atoms with Gasteiger partial charge in [-0.15, -0.1) is 0 Å². The van der Waals surface area contributed by atoms with Crippen LogP contribution in [0.4, 0.5) is 0 Å². The molecule has 0 unspecified atom stereocenters. The van der Waals surface area contributed by atoms with Gasteiger partial charge in [0.2, 0.25) is 6.41 Å². The van der Waals surface area contributed by atoms with Gasteiger partial charge in [0.25, 0.3) is 0 Å². The lowest BCUT2D eigenvalue weighted by Gasteiger charge is -2.26. The number of rotatable bonds is 9. The van der Waals surface area contributed by atoms with E-state index in [1.807, 2.05) is 0 Å². The first kappa shape index (κ1) is 17.4. The SMILES string of the molecule is O=CNCCCNC(=O)C(=O)NCCCN1CCOCC1. The van der Waals surface area contributed by atoms with Gasteiger partial charge >= 0.3 is 11.8 Å². The smallest absolute Gasteiger partial charge is 0.309 e. The van der Waals surface area contributed by atoms with E-state index < -0.39 is 11.8 Å². The molecule has 3 N–H and O–H groups in total. The first-order valence-electron chi connectivity index (χ1n) is 7.27. The summed E-state index contributed by atoms with van der Waals surface area (Å²) >= 11 is 0. The molecule has 120 valence electrons. The minimum absolute atomic E-state index is 0.362. The predicted molar refractivity (Wildman–Crippen MR) is 76.6 cm³/mol. The zero-order valence-corrected chi connectivity index (χ0v) is 12.2. The van der Waals surface area contributed by atoms with Crippen LogP contribution >= 0.6 is 0 Å². The van der Waals surface area contributed by atoms with E-state index in [1.54, 1.807) is 0 Å². The van der Waals surface area contributed by atoms with Crippen molar-refractivity contribution < 1.29 is 19.1 Å². The lowest BCUT2D eigenvalue weighted by atomic mass is 10.3. The van der Waals surface area contributed by atoms with Crippen molar-refractivity contribution >= 4 is 18.2 Å². The standard InChI is InChI=1S/C13H24N4O4/c18-11-14-3-1-4-15-12(19)13(20)16-5-2-6-17-7-9-21-10-8-17/h11H,1-10H2,(H,14,18)(H,15,19)(H,16,20). The van der Waals surface area contributed by atoms with Crippen molar-refractivity contribution in [1.29, 1.82) is 0 Å². The third-order valence-electron chi connectivity index (χ3n) is 3.11. The van der Waals surface area contributed by atoms with E-state index >= 15 is 0 Å². The first-order chi connectivity index (χ1) is 10.2. The Morgan fingerprint density at radius 1 is 1.00 bits per heavy atom. The maximum Gasteiger partial charge on any atom is 0.309 e. The second-order valence-corrected chi connectivity index (χ2v) is 4.74. The monoisotopic (exact) mass is 300 g/mol. The number of amides is 3. The number of ether oxygens (including phenoxy) is 1. The van der Waals surface area contributed by atoms with Gasteiger partial charge in [0.15, 0.2) is 0 Å². The molecule has 1 aliphatic heterocycles. The van der Waals surface area contributed by atoms with Crippen LogP contribution in [0.1, 0.15) is 12.8 Å². The van der Waals surface area contributed by atoms with E-state index in [2.05, 4.69) is 20.9 Å². The van der Waals surface area contributed by atoms with Crippen molar-refractivity contribution in [3.63, 3.8) is 0 Å². The predicted octanol–water partition coefficient (Wildman–Crippen LogP) is -1.92. The molecule has 21 heavy (non-hydrogen) atoms. The molecule has 1 saturated heterocycles. The molecular formula is C13H24N4O4. The van der Waals surface area contributed by atoms with Gasteiger partial charge in [0, 0.05) is 32.7 Å². The Kier molecular flexibility index (Phi) is 9.14. The normalized spacial score (nSPS) is 15.2. The number of nitrogens with one attached hydrogen (secondary N) is 3. The second-order valence-electron chi connectivity index (χ2n) is 4.74. The van der Waals surface area contributed by atoms with Crippen LogP contribution in [0, 0.1) is 0 Å². The van der Waals surface area contributed by atoms with E-state index in [4.69, 9.17) is 4.74 Å². The molecule has 0 atom stereocenters. The van der Waals surface area contributed by atoms with Crippen LogP contribution in [-0.4, -0.2) is 75.6 Å². The maximum atomic E-state index is 11.5. The summed E-state index contributed by atoms with van der Waals surface area (Å²) in [5, 5.41) is 7.57. The van der Waals surface area contributed by atoms with Crippen molar-refractivity contribution in [3.8, 4) is 0 Å². The van der Waals surface area contributed by atoms with Crippen LogP contribution in [0.3, 0.4) is 0 Å². The quantitative estimate of drug-likeness (QED) is 0.262. The lowest BCUT2D eigenvalue weighted by molar-refractivity contribution is -0.139. The average molecular weight is 300 g/mol. The zero-order valence-electron chi connectivity index (χ0n) is 12.2. The summed E-state index contributed by atoms with van der Waals surface area (Å²) in [7, 11) is 0. The molecule has 3 amide bonds. The summed E-state index contributed by atoms with van der Waals surface area (Å²) < 4.78 is 5.25. The topological polar surface area (TPSA) is 99.8 Å². The molecule has 8 nitrogen and oxygen atoms in total. The minimum atomic E-state index is -0.632. The van der Waals surface area contributed by atoms with Crippen LogP contribution < -0.4 is 16.0 Å². The number of carbonyl (C=O) groups is 3. The number of hydrogen-bond donors (Lipinski definition) is 3. The number of carbonyl (C=O) groups excluding carboxylic acids is 3. The third kappa shape index (κ3) is 8.26. The van der Waals surface area contributed by atoms with Gasteiger partial charge in [-0.25, -0.2) is 0 Å². The van der Waals surface area contributed by atoms with E-state index in [9.17, 15) is 14.4 Å². The Morgan fingerprint density at radius 3 is 2.24 bits per heavy atom. The van der Waals surface area contributed by atoms with Gasteiger partial charge in [0.1, 0.15) is 0 Å². The Labute approximate surface area is 124 Å². The van der Waals surface area contributed by atoms with E-state index in [-0.39, 0.29) is 0 Å². The molecule has 0 aliphatic carbocycles. The highest BCUT2D eigenvalue weighted by molar-refractivity contribution is 6.35. The molecule has 0 radical (unpaired) electrons. The number of nitrogens with zero attached hydrogens (tertiary/aromatic N) is 1. The third-order valence-corrected chi connectivity index (χ3v) is 3.11. The van der Waals surface area contributed by atoms with Crippen molar-refractivity contribution in [2.75, 3.05) is 52.5 Å². The summed E-state index contributed by atoms with van der Waals surface area (Å²) in [6.07, 6.45) is 2.00. The largest absolute Gasteiger partial charge is 0.379 e. The molecule has 0 bridgehead atoms. The van der Waals surface area contributed by atoms with Gasteiger partial charge in [-0.05, 0) is 19.4 Å². The molecule has 1 fully saturated rings. The number of morpholine rings is 1. The molecule has 0 spiro atoms. The summed E-state index contributed by atoms with van der Waals surface area (Å²) in [6, 6.07) is 0. The zero-order chi connectivity index (χ0) is 15.3. The molecule has 1 rings (SSSR count). The van der Waals surface area contributed by atoms with Crippen LogP contribution in [0.2, 0.25) is 0 Å². The summed E-state index contributed by atoms with van der Waals surface area (Å²) in [5.41, 5.74) is 0. The highest BCUT2D eigenvalue weighted by Crippen LogP contribution is 1.97.